The summed E-state index contributed by atoms with van der Waals surface area (Å²) >= 11 is 4.15. The number of benzene rings is 2. The van der Waals surface area contributed by atoms with Crippen molar-refractivity contribution < 1.29 is 29.2 Å². The number of carboxylic acid groups (broad SMARTS) is 1. The van der Waals surface area contributed by atoms with Crippen molar-refractivity contribution in [1.82, 2.24) is 10.2 Å². The van der Waals surface area contributed by atoms with Crippen LogP contribution in [-0.2, 0) is 16.2 Å². The lowest BCUT2D eigenvalue weighted by Crippen LogP contribution is -2.35. The third kappa shape index (κ3) is 5.49. The minimum absolute atomic E-state index is 0.000715. The summed E-state index contributed by atoms with van der Waals surface area (Å²) in [5, 5.41) is 21.9. The maximum atomic E-state index is 12.3. The summed E-state index contributed by atoms with van der Waals surface area (Å²) < 4.78 is 7.36. The number of hydrogen-bond donors (Lipinski definition) is 2. The number of nitrogens with zero attached hydrogens (tertiary/aromatic N) is 2. The topological polar surface area (TPSA) is 139 Å². The second-order valence-electron chi connectivity index (χ2n) is 6.30. The molecule has 0 unspecified atom stereocenters. The molecule has 0 aromatic heterocycles. The second kappa shape index (κ2) is 9.59. The predicted molar refractivity (Wildman–Crippen MR) is 125 cm³/mol. The minimum atomic E-state index is -1.29. The standard InChI is InChI=1S/C19H13I2N3O7/c20-13-5-11(7-15-18(27)23(8-16(25)26)19(28)22-15)6-14(21)17(13)31-9-10-1-3-12(4-2-10)24(29)30/h1-7H,8-9H2,(H,22,28)(H,25,26)/b15-7+. The highest BCUT2D eigenvalue weighted by Crippen LogP contribution is 2.31. The van der Waals surface area contributed by atoms with Crippen LogP contribution in [0.5, 0.6) is 5.75 Å². The van der Waals surface area contributed by atoms with Gasteiger partial charge in [0.25, 0.3) is 11.6 Å². The first kappa shape index (κ1) is 22.9. The number of hydrogen-bond acceptors (Lipinski definition) is 6. The Bertz CT molecular complexity index is 1090. The molecular weight excluding hydrogens is 636 g/mol. The molecule has 12 heteroatoms. The third-order valence-electron chi connectivity index (χ3n) is 4.12. The van der Waals surface area contributed by atoms with Crippen LogP contribution in [0.15, 0.2) is 42.1 Å². The molecule has 0 atom stereocenters. The number of rotatable bonds is 7. The highest BCUT2D eigenvalue weighted by Gasteiger charge is 2.34. The maximum absolute atomic E-state index is 12.3. The number of nitrogens with one attached hydrogen (secondary N) is 1. The summed E-state index contributed by atoms with van der Waals surface area (Å²) in [5.41, 5.74) is 1.37. The Labute approximate surface area is 202 Å². The SMILES string of the molecule is O=C(O)CN1C(=O)N/C(=C/c2cc(I)c(OCc3ccc([N+](=O)[O-])cc3)c(I)c2)C1=O. The molecule has 1 fully saturated rings. The van der Waals surface area contributed by atoms with Gasteiger partial charge < -0.3 is 15.2 Å². The summed E-state index contributed by atoms with van der Waals surface area (Å²) in [7, 11) is 0. The van der Waals surface area contributed by atoms with Crippen LogP contribution in [-0.4, -0.2) is 39.4 Å². The normalized spacial score (nSPS) is 14.6. The van der Waals surface area contributed by atoms with Crippen molar-refractivity contribution in [3.8, 4) is 5.75 Å². The Morgan fingerprint density at radius 3 is 2.35 bits per heavy atom. The summed E-state index contributed by atoms with van der Waals surface area (Å²) in [6, 6.07) is 8.77. The van der Waals surface area contributed by atoms with Gasteiger partial charge in [0, 0.05) is 12.1 Å². The molecule has 0 radical (unpaired) electrons. The van der Waals surface area contributed by atoms with Crippen molar-refractivity contribution in [2.75, 3.05) is 6.54 Å². The summed E-state index contributed by atoms with van der Waals surface area (Å²) in [4.78, 5) is 45.8. The summed E-state index contributed by atoms with van der Waals surface area (Å²) in [5.74, 6) is -1.39. The van der Waals surface area contributed by atoms with E-state index in [1.807, 2.05) is 0 Å². The number of carbonyl (C=O) groups is 3. The molecule has 10 nitrogen and oxygen atoms in total. The Hall–Kier alpha value is -2.75. The number of imide groups is 1. The van der Waals surface area contributed by atoms with Gasteiger partial charge in [0.1, 0.15) is 24.6 Å². The monoisotopic (exact) mass is 649 g/mol. The van der Waals surface area contributed by atoms with Crippen LogP contribution in [0.3, 0.4) is 0 Å². The molecule has 2 aromatic carbocycles. The molecule has 0 spiro atoms. The lowest BCUT2D eigenvalue weighted by atomic mass is 10.2. The first-order valence-corrected chi connectivity index (χ1v) is 10.7. The van der Waals surface area contributed by atoms with Crippen molar-refractivity contribution in [1.29, 1.82) is 0 Å². The maximum Gasteiger partial charge on any atom is 0.329 e. The molecule has 1 aliphatic rings. The molecule has 3 rings (SSSR count). The molecule has 160 valence electrons. The first-order chi connectivity index (χ1) is 14.7. The van der Waals surface area contributed by atoms with E-state index in [1.165, 1.54) is 18.2 Å². The number of amides is 3. The van der Waals surface area contributed by atoms with Crippen LogP contribution in [0, 0.1) is 17.3 Å². The van der Waals surface area contributed by atoms with E-state index in [4.69, 9.17) is 9.84 Å². The Morgan fingerprint density at radius 1 is 1.19 bits per heavy atom. The Morgan fingerprint density at radius 2 is 1.81 bits per heavy atom. The van der Waals surface area contributed by atoms with E-state index in [0.29, 0.717) is 16.2 Å². The Balaban J connectivity index is 1.75. The molecule has 0 saturated carbocycles. The van der Waals surface area contributed by atoms with E-state index in [2.05, 4.69) is 50.5 Å². The van der Waals surface area contributed by atoms with E-state index in [9.17, 15) is 24.5 Å². The number of nitro groups is 1. The summed E-state index contributed by atoms with van der Waals surface area (Å²) in [6.45, 7) is -0.504. The minimum Gasteiger partial charge on any atom is -0.487 e. The average molecular weight is 649 g/mol. The van der Waals surface area contributed by atoms with Crippen LogP contribution in [0.4, 0.5) is 10.5 Å². The zero-order valence-corrected chi connectivity index (χ0v) is 19.8. The number of carboxylic acids is 1. The fourth-order valence-corrected chi connectivity index (χ4v) is 4.81. The zero-order chi connectivity index (χ0) is 22.7. The van der Waals surface area contributed by atoms with Gasteiger partial charge >= 0.3 is 12.0 Å². The van der Waals surface area contributed by atoms with Crippen LogP contribution in [0.2, 0.25) is 0 Å². The molecule has 2 N–H and O–H groups in total. The van der Waals surface area contributed by atoms with E-state index in [-0.39, 0.29) is 18.0 Å². The average Bonchev–Trinajstić information content (AvgIpc) is 2.94. The number of ether oxygens (including phenoxy) is 1. The van der Waals surface area contributed by atoms with Gasteiger partial charge in [-0.1, -0.05) is 0 Å². The van der Waals surface area contributed by atoms with Crippen molar-refractivity contribution in [2.45, 2.75) is 6.61 Å². The van der Waals surface area contributed by atoms with Crippen LogP contribution >= 0.6 is 45.2 Å². The van der Waals surface area contributed by atoms with Crippen molar-refractivity contribution in [3.05, 3.63) is 70.5 Å². The fraction of sp³-hybridized carbons (Fsp3) is 0.105. The molecule has 31 heavy (non-hydrogen) atoms. The van der Waals surface area contributed by atoms with Crippen LogP contribution in [0.1, 0.15) is 11.1 Å². The highest BCUT2D eigenvalue weighted by atomic mass is 127. The molecule has 1 heterocycles. The van der Waals surface area contributed by atoms with Crippen LogP contribution in [0.25, 0.3) is 6.08 Å². The lowest BCUT2D eigenvalue weighted by molar-refractivity contribution is -0.384. The van der Waals surface area contributed by atoms with Gasteiger partial charge in [0.15, 0.2) is 0 Å². The first-order valence-electron chi connectivity index (χ1n) is 8.57. The van der Waals surface area contributed by atoms with Crippen molar-refractivity contribution >= 4 is 74.9 Å². The predicted octanol–water partition coefficient (Wildman–Crippen LogP) is 3.36. The molecule has 2 aromatic rings. The van der Waals surface area contributed by atoms with Gasteiger partial charge in [0.2, 0.25) is 0 Å². The molecule has 3 amide bonds. The second-order valence-corrected chi connectivity index (χ2v) is 8.62. The molecule has 1 aliphatic heterocycles. The quantitative estimate of drug-likeness (QED) is 0.154. The lowest BCUT2D eigenvalue weighted by Gasteiger charge is -2.12. The van der Waals surface area contributed by atoms with E-state index < -0.39 is 29.4 Å². The van der Waals surface area contributed by atoms with Gasteiger partial charge in [-0.05, 0) is 86.7 Å². The number of halogens is 2. The molecule has 0 bridgehead atoms. The van der Waals surface area contributed by atoms with E-state index in [1.54, 1.807) is 24.3 Å². The van der Waals surface area contributed by atoms with Gasteiger partial charge in [-0.3, -0.25) is 19.7 Å². The van der Waals surface area contributed by atoms with Crippen molar-refractivity contribution in [3.63, 3.8) is 0 Å². The van der Waals surface area contributed by atoms with E-state index in [0.717, 1.165) is 12.7 Å². The van der Waals surface area contributed by atoms with Gasteiger partial charge in [-0.15, -0.1) is 0 Å². The fourth-order valence-electron chi connectivity index (χ4n) is 2.69. The number of aliphatic carboxylic acids is 1. The molecule has 0 aliphatic carbocycles. The molecular formula is C19H13I2N3O7. The van der Waals surface area contributed by atoms with Gasteiger partial charge in [-0.2, -0.15) is 0 Å². The van der Waals surface area contributed by atoms with Crippen molar-refractivity contribution in [2.24, 2.45) is 0 Å². The number of carbonyl (C=O) groups excluding carboxylic acids is 2. The third-order valence-corrected chi connectivity index (χ3v) is 5.72. The number of urea groups is 1. The van der Waals surface area contributed by atoms with E-state index >= 15 is 0 Å². The Kier molecular flexibility index (Phi) is 7.09. The summed E-state index contributed by atoms with van der Waals surface area (Å²) in [6.07, 6.45) is 1.46. The number of non-ortho nitro benzene ring substituents is 1. The van der Waals surface area contributed by atoms with Crippen LogP contribution < -0.4 is 10.1 Å². The highest BCUT2D eigenvalue weighted by molar-refractivity contribution is 14.1. The zero-order valence-electron chi connectivity index (χ0n) is 15.5. The largest absolute Gasteiger partial charge is 0.487 e. The number of nitro benzene ring substituents is 1. The van der Waals surface area contributed by atoms with Gasteiger partial charge in [-0.25, -0.2) is 9.69 Å². The molecule has 1 saturated heterocycles. The van der Waals surface area contributed by atoms with Gasteiger partial charge in [0.05, 0.1) is 12.1 Å². The smallest absolute Gasteiger partial charge is 0.329 e.